The van der Waals surface area contributed by atoms with Crippen LogP contribution in [-0.2, 0) is 6.61 Å². The molecular formula is C22H19BrCl2N2O2. The largest absolute Gasteiger partial charge is 0.490 e. The molecule has 0 aliphatic carbocycles. The lowest BCUT2D eigenvalue weighted by atomic mass is 10.2. The fraction of sp³-hybridized carbons (Fsp3) is 0.136. The second kappa shape index (κ2) is 10.5. The maximum Gasteiger partial charge on any atom is 0.162 e. The van der Waals surface area contributed by atoms with Gasteiger partial charge in [-0.05, 0) is 59.3 Å². The van der Waals surface area contributed by atoms with E-state index in [1.807, 2.05) is 55.5 Å². The molecule has 3 rings (SSSR count). The smallest absolute Gasteiger partial charge is 0.162 e. The fourth-order valence-electron chi connectivity index (χ4n) is 2.51. The number of hydrogen-bond acceptors (Lipinski definition) is 4. The van der Waals surface area contributed by atoms with Crippen LogP contribution in [0.4, 0.5) is 5.69 Å². The van der Waals surface area contributed by atoms with Gasteiger partial charge in [0.05, 0.1) is 18.5 Å². The standard InChI is InChI=1S/C22H19BrCl2N2O2/c1-2-28-21-10-16(13-26-27-18-6-4-3-5-7-18)19(23)12-22(21)29-14-15-8-9-17(24)11-20(15)25/h3-13,27H,2,14H2,1H3/b26-13+. The molecule has 3 aromatic rings. The molecule has 0 amide bonds. The van der Waals surface area contributed by atoms with Crippen LogP contribution >= 0.6 is 39.1 Å². The van der Waals surface area contributed by atoms with Crippen LogP contribution in [0.15, 0.2) is 70.2 Å². The third-order valence-electron chi connectivity index (χ3n) is 3.93. The van der Waals surface area contributed by atoms with Gasteiger partial charge in [0, 0.05) is 25.6 Å². The number of benzene rings is 3. The average molecular weight is 494 g/mol. The van der Waals surface area contributed by atoms with Gasteiger partial charge < -0.3 is 9.47 Å². The molecule has 0 heterocycles. The van der Waals surface area contributed by atoms with E-state index >= 15 is 0 Å². The number of rotatable bonds is 8. The first-order valence-electron chi connectivity index (χ1n) is 8.94. The first-order valence-corrected chi connectivity index (χ1v) is 10.5. The third-order valence-corrected chi connectivity index (χ3v) is 5.21. The molecule has 7 heteroatoms. The van der Waals surface area contributed by atoms with Crippen molar-refractivity contribution >= 4 is 51.0 Å². The number of para-hydroxylation sites is 1. The van der Waals surface area contributed by atoms with Crippen molar-refractivity contribution in [1.29, 1.82) is 0 Å². The molecule has 0 spiro atoms. The Labute approximate surface area is 188 Å². The van der Waals surface area contributed by atoms with Crippen molar-refractivity contribution in [2.45, 2.75) is 13.5 Å². The second-order valence-corrected chi connectivity index (χ2v) is 7.71. The molecule has 0 bridgehead atoms. The van der Waals surface area contributed by atoms with E-state index in [1.54, 1.807) is 18.3 Å². The minimum atomic E-state index is 0.297. The van der Waals surface area contributed by atoms with Crippen LogP contribution in [0.5, 0.6) is 11.5 Å². The van der Waals surface area contributed by atoms with E-state index < -0.39 is 0 Å². The first kappa shape index (κ1) is 21.5. The molecule has 1 N–H and O–H groups in total. The molecule has 3 aromatic carbocycles. The van der Waals surface area contributed by atoms with Gasteiger partial charge in [-0.3, -0.25) is 5.43 Å². The highest BCUT2D eigenvalue weighted by molar-refractivity contribution is 9.10. The maximum atomic E-state index is 6.23. The Morgan fingerprint density at radius 3 is 2.48 bits per heavy atom. The number of halogens is 3. The Morgan fingerprint density at radius 2 is 1.76 bits per heavy atom. The summed E-state index contributed by atoms with van der Waals surface area (Å²) in [6.07, 6.45) is 1.72. The Morgan fingerprint density at radius 1 is 1.00 bits per heavy atom. The van der Waals surface area contributed by atoms with Crippen LogP contribution in [-0.4, -0.2) is 12.8 Å². The summed E-state index contributed by atoms with van der Waals surface area (Å²) in [5, 5.41) is 5.43. The normalized spacial score (nSPS) is 10.9. The molecule has 4 nitrogen and oxygen atoms in total. The molecule has 0 unspecified atom stereocenters. The number of ether oxygens (including phenoxy) is 2. The van der Waals surface area contributed by atoms with Gasteiger partial charge in [-0.25, -0.2) is 0 Å². The van der Waals surface area contributed by atoms with Crippen molar-refractivity contribution in [3.63, 3.8) is 0 Å². The van der Waals surface area contributed by atoms with Crippen molar-refractivity contribution in [2.75, 3.05) is 12.0 Å². The fourth-order valence-corrected chi connectivity index (χ4v) is 3.40. The Bertz CT molecular complexity index is 998. The molecular weight excluding hydrogens is 475 g/mol. The van der Waals surface area contributed by atoms with Crippen molar-refractivity contribution in [3.05, 3.63) is 86.3 Å². The van der Waals surface area contributed by atoms with Gasteiger partial charge in [-0.1, -0.05) is 47.5 Å². The van der Waals surface area contributed by atoms with E-state index in [1.165, 1.54) is 0 Å². The summed E-state index contributed by atoms with van der Waals surface area (Å²) in [6.45, 7) is 2.73. The predicted octanol–water partition coefficient (Wildman–Crippen LogP) is 7.18. The van der Waals surface area contributed by atoms with E-state index in [0.717, 1.165) is 21.3 Å². The topological polar surface area (TPSA) is 42.8 Å². The molecule has 150 valence electrons. The summed E-state index contributed by atoms with van der Waals surface area (Å²) >= 11 is 15.8. The van der Waals surface area contributed by atoms with E-state index in [0.29, 0.717) is 34.8 Å². The number of nitrogens with one attached hydrogen (secondary N) is 1. The SMILES string of the molecule is CCOc1cc(/C=N/Nc2ccccc2)c(Br)cc1OCc1ccc(Cl)cc1Cl. The van der Waals surface area contributed by atoms with Crippen LogP contribution in [0, 0.1) is 0 Å². The minimum Gasteiger partial charge on any atom is -0.490 e. The van der Waals surface area contributed by atoms with Crippen LogP contribution in [0.3, 0.4) is 0 Å². The zero-order chi connectivity index (χ0) is 20.6. The maximum absolute atomic E-state index is 6.23. The summed E-state index contributed by atoms with van der Waals surface area (Å²) in [5.41, 5.74) is 5.60. The molecule has 29 heavy (non-hydrogen) atoms. The zero-order valence-electron chi connectivity index (χ0n) is 15.7. The summed E-state index contributed by atoms with van der Waals surface area (Å²) in [6, 6.07) is 18.8. The molecule has 0 saturated carbocycles. The lowest BCUT2D eigenvalue weighted by molar-refractivity contribution is 0.269. The van der Waals surface area contributed by atoms with Crippen molar-refractivity contribution in [1.82, 2.24) is 0 Å². The Hall–Kier alpha value is -2.21. The summed E-state index contributed by atoms with van der Waals surface area (Å²) in [7, 11) is 0. The molecule has 0 saturated heterocycles. The molecule has 0 atom stereocenters. The van der Waals surface area contributed by atoms with Gasteiger partial charge in [0.2, 0.25) is 0 Å². The van der Waals surface area contributed by atoms with Gasteiger partial charge in [-0.15, -0.1) is 0 Å². The van der Waals surface area contributed by atoms with Crippen LogP contribution in [0.1, 0.15) is 18.1 Å². The van der Waals surface area contributed by atoms with Crippen LogP contribution < -0.4 is 14.9 Å². The number of nitrogens with zero attached hydrogens (tertiary/aromatic N) is 1. The summed E-state index contributed by atoms with van der Waals surface area (Å²) in [5.74, 6) is 1.24. The number of anilines is 1. The minimum absolute atomic E-state index is 0.297. The van der Waals surface area contributed by atoms with Crippen LogP contribution in [0.2, 0.25) is 10.0 Å². The van der Waals surface area contributed by atoms with E-state index in [4.69, 9.17) is 32.7 Å². The molecule has 0 aromatic heterocycles. The molecule has 0 aliphatic rings. The Kier molecular flexibility index (Phi) is 7.81. The van der Waals surface area contributed by atoms with Crippen molar-refractivity contribution in [2.24, 2.45) is 5.10 Å². The van der Waals surface area contributed by atoms with E-state index in [9.17, 15) is 0 Å². The van der Waals surface area contributed by atoms with Gasteiger partial charge >= 0.3 is 0 Å². The van der Waals surface area contributed by atoms with Crippen molar-refractivity contribution in [3.8, 4) is 11.5 Å². The monoisotopic (exact) mass is 492 g/mol. The highest BCUT2D eigenvalue weighted by atomic mass is 79.9. The van der Waals surface area contributed by atoms with E-state index in [-0.39, 0.29) is 0 Å². The molecule has 0 radical (unpaired) electrons. The van der Waals surface area contributed by atoms with Gasteiger partial charge in [0.15, 0.2) is 11.5 Å². The number of hydrazone groups is 1. The van der Waals surface area contributed by atoms with E-state index in [2.05, 4.69) is 26.5 Å². The number of hydrogen-bond donors (Lipinski definition) is 1. The second-order valence-electron chi connectivity index (χ2n) is 6.01. The van der Waals surface area contributed by atoms with Crippen molar-refractivity contribution < 1.29 is 9.47 Å². The summed E-state index contributed by atoms with van der Waals surface area (Å²) < 4.78 is 12.5. The highest BCUT2D eigenvalue weighted by Gasteiger charge is 2.11. The molecule has 0 aliphatic heterocycles. The average Bonchev–Trinajstić information content (AvgIpc) is 2.71. The Balaban J connectivity index is 1.76. The van der Waals surface area contributed by atoms with Crippen LogP contribution in [0.25, 0.3) is 0 Å². The predicted molar refractivity (Wildman–Crippen MR) is 124 cm³/mol. The first-order chi connectivity index (χ1) is 14.1. The third kappa shape index (κ3) is 6.13. The van der Waals surface area contributed by atoms with Gasteiger partial charge in [0.25, 0.3) is 0 Å². The lowest BCUT2D eigenvalue weighted by Gasteiger charge is -2.14. The summed E-state index contributed by atoms with van der Waals surface area (Å²) in [4.78, 5) is 0. The van der Waals surface area contributed by atoms with Gasteiger partial charge in [-0.2, -0.15) is 5.10 Å². The lowest BCUT2D eigenvalue weighted by Crippen LogP contribution is -2.02. The zero-order valence-corrected chi connectivity index (χ0v) is 18.8. The molecule has 0 fully saturated rings. The highest BCUT2D eigenvalue weighted by Crippen LogP contribution is 2.34. The quantitative estimate of drug-likeness (QED) is 0.267. The van der Waals surface area contributed by atoms with Gasteiger partial charge in [0.1, 0.15) is 6.61 Å².